The van der Waals surface area contributed by atoms with Crippen LogP contribution in [0, 0.1) is 0 Å². The predicted molar refractivity (Wildman–Crippen MR) is 103 cm³/mol. The van der Waals surface area contributed by atoms with Crippen molar-refractivity contribution in [3.8, 4) is 0 Å². The number of amides is 1. The number of rotatable bonds is 3. The summed E-state index contributed by atoms with van der Waals surface area (Å²) >= 11 is 0. The Morgan fingerprint density at radius 3 is 2.78 bits per heavy atom. The number of nitrogens with one attached hydrogen (secondary N) is 2. The molecular formula is C18H21N7O2. The number of H-pyrrole nitrogens is 1. The van der Waals surface area contributed by atoms with Crippen molar-refractivity contribution in [3.05, 3.63) is 46.5 Å². The van der Waals surface area contributed by atoms with Gasteiger partial charge in [0.1, 0.15) is 17.2 Å². The number of aromatic nitrogens is 4. The van der Waals surface area contributed by atoms with Crippen molar-refractivity contribution in [1.82, 2.24) is 24.8 Å². The molecule has 0 aliphatic carbocycles. The minimum atomic E-state index is -0.268. The third-order valence-electron chi connectivity index (χ3n) is 4.85. The van der Waals surface area contributed by atoms with Gasteiger partial charge in [-0.3, -0.25) is 14.6 Å². The molecule has 0 unspecified atom stereocenters. The van der Waals surface area contributed by atoms with Crippen LogP contribution >= 0.6 is 0 Å². The molecule has 4 N–H and O–H groups in total. The number of carbonyl (C=O) groups is 1. The first-order chi connectivity index (χ1) is 13.0. The minimum absolute atomic E-state index is 0.0546. The summed E-state index contributed by atoms with van der Waals surface area (Å²) in [5, 5.41) is 4.06. The maximum atomic E-state index is 12.6. The van der Waals surface area contributed by atoms with Gasteiger partial charge in [-0.15, -0.1) is 0 Å². The molecule has 27 heavy (non-hydrogen) atoms. The standard InChI is InChI=1S/C18H21N7O2/c1-24-7-4-11-2-3-13(21-16(11)24)17(27)20-12-5-8-25(9-6-12)14-10-15(26)23-18(19)22-14/h2-4,7,10,12H,5-6,8-9H2,1H3,(H,20,27)(H3,19,22,23,26). The number of aromatic amines is 1. The lowest BCUT2D eigenvalue weighted by Crippen LogP contribution is -2.45. The van der Waals surface area contributed by atoms with Crippen LogP contribution in [0.15, 0.2) is 35.3 Å². The highest BCUT2D eigenvalue weighted by Crippen LogP contribution is 2.18. The van der Waals surface area contributed by atoms with E-state index in [2.05, 4.69) is 20.3 Å². The number of nitrogens with zero attached hydrogens (tertiary/aromatic N) is 4. The van der Waals surface area contributed by atoms with E-state index in [9.17, 15) is 9.59 Å². The van der Waals surface area contributed by atoms with Crippen LogP contribution < -0.4 is 21.5 Å². The number of aryl methyl sites for hydroxylation is 1. The molecule has 4 rings (SSSR count). The van der Waals surface area contributed by atoms with Gasteiger partial charge in [0.05, 0.1) is 0 Å². The third kappa shape index (κ3) is 3.48. The van der Waals surface area contributed by atoms with E-state index >= 15 is 0 Å². The molecule has 3 aromatic rings. The van der Waals surface area contributed by atoms with Crippen molar-refractivity contribution in [2.24, 2.45) is 7.05 Å². The summed E-state index contributed by atoms with van der Waals surface area (Å²) < 4.78 is 1.89. The highest BCUT2D eigenvalue weighted by Gasteiger charge is 2.23. The lowest BCUT2D eigenvalue weighted by Gasteiger charge is -2.33. The van der Waals surface area contributed by atoms with Gasteiger partial charge in [0, 0.05) is 43.8 Å². The molecule has 140 valence electrons. The Bertz CT molecular complexity index is 1050. The Morgan fingerprint density at radius 2 is 2.04 bits per heavy atom. The van der Waals surface area contributed by atoms with Crippen molar-refractivity contribution in [1.29, 1.82) is 0 Å². The molecule has 1 fully saturated rings. The number of hydrogen-bond acceptors (Lipinski definition) is 6. The average molecular weight is 367 g/mol. The zero-order chi connectivity index (χ0) is 19.0. The molecule has 0 bridgehead atoms. The number of piperidine rings is 1. The number of nitrogen functional groups attached to an aromatic ring is 1. The summed E-state index contributed by atoms with van der Waals surface area (Å²) in [5.41, 5.74) is 6.54. The molecule has 1 aliphatic rings. The van der Waals surface area contributed by atoms with Gasteiger partial charge in [0.15, 0.2) is 0 Å². The molecule has 1 amide bonds. The van der Waals surface area contributed by atoms with Crippen LogP contribution in [0.25, 0.3) is 11.0 Å². The van der Waals surface area contributed by atoms with Gasteiger partial charge in [-0.25, -0.2) is 4.98 Å². The second kappa shape index (κ2) is 6.75. The van der Waals surface area contributed by atoms with Crippen LogP contribution in [0.1, 0.15) is 23.3 Å². The first-order valence-corrected chi connectivity index (χ1v) is 8.84. The fourth-order valence-electron chi connectivity index (χ4n) is 3.40. The maximum absolute atomic E-state index is 12.6. The zero-order valence-corrected chi connectivity index (χ0v) is 15.0. The van der Waals surface area contributed by atoms with Gasteiger partial charge >= 0.3 is 0 Å². The van der Waals surface area contributed by atoms with Gasteiger partial charge < -0.3 is 20.5 Å². The van der Waals surface area contributed by atoms with Gasteiger partial charge in [0.25, 0.3) is 11.5 Å². The summed E-state index contributed by atoms with van der Waals surface area (Å²) in [7, 11) is 1.90. The van der Waals surface area contributed by atoms with E-state index in [1.165, 1.54) is 6.07 Å². The lowest BCUT2D eigenvalue weighted by molar-refractivity contribution is 0.0926. The molecule has 9 nitrogen and oxygen atoms in total. The quantitative estimate of drug-likeness (QED) is 0.624. The number of nitrogens with two attached hydrogens (primary N) is 1. The normalized spacial score (nSPS) is 15.2. The second-order valence-electron chi connectivity index (χ2n) is 6.76. The number of fused-ring (bicyclic) bond motifs is 1. The molecule has 0 saturated carbocycles. The second-order valence-corrected chi connectivity index (χ2v) is 6.76. The Balaban J connectivity index is 1.40. The van der Waals surface area contributed by atoms with Gasteiger partial charge in [-0.05, 0) is 31.0 Å². The van der Waals surface area contributed by atoms with E-state index in [1.807, 2.05) is 34.8 Å². The highest BCUT2D eigenvalue weighted by atomic mass is 16.2. The molecule has 4 heterocycles. The molecule has 1 aliphatic heterocycles. The smallest absolute Gasteiger partial charge is 0.270 e. The summed E-state index contributed by atoms with van der Waals surface area (Å²) in [6.07, 6.45) is 3.43. The number of carbonyl (C=O) groups excluding carboxylic acids is 1. The fraction of sp³-hybridized carbons (Fsp3) is 0.333. The lowest BCUT2D eigenvalue weighted by atomic mass is 10.0. The molecule has 9 heteroatoms. The highest BCUT2D eigenvalue weighted by molar-refractivity contribution is 5.94. The van der Waals surface area contributed by atoms with Crippen molar-refractivity contribution in [2.45, 2.75) is 18.9 Å². The summed E-state index contributed by atoms with van der Waals surface area (Å²) in [6, 6.07) is 7.11. The van der Waals surface area contributed by atoms with Gasteiger partial charge in [0.2, 0.25) is 5.95 Å². The third-order valence-corrected chi connectivity index (χ3v) is 4.85. The van der Waals surface area contributed by atoms with Gasteiger partial charge in [-0.1, -0.05) is 0 Å². The number of hydrogen-bond donors (Lipinski definition) is 3. The van der Waals surface area contributed by atoms with Crippen LogP contribution in [-0.2, 0) is 7.05 Å². The summed E-state index contributed by atoms with van der Waals surface area (Å²) in [4.78, 5) is 37.2. The van der Waals surface area contributed by atoms with Crippen molar-refractivity contribution >= 4 is 28.7 Å². The van der Waals surface area contributed by atoms with E-state index in [4.69, 9.17) is 5.73 Å². The van der Waals surface area contributed by atoms with Crippen molar-refractivity contribution in [3.63, 3.8) is 0 Å². The Labute approximate surface area is 155 Å². The van der Waals surface area contributed by atoms with Crippen LogP contribution in [0.2, 0.25) is 0 Å². The van der Waals surface area contributed by atoms with Crippen molar-refractivity contribution in [2.75, 3.05) is 23.7 Å². The molecule has 0 aromatic carbocycles. The number of anilines is 2. The van der Waals surface area contributed by atoms with E-state index < -0.39 is 0 Å². The first kappa shape index (κ1) is 17.1. The minimum Gasteiger partial charge on any atom is -0.369 e. The van der Waals surface area contributed by atoms with Crippen LogP contribution in [0.5, 0.6) is 0 Å². The average Bonchev–Trinajstić information content (AvgIpc) is 3.02. The molecule has 3 aromatic heterocycles. The van der Waals surface area contributed by atoms with Crippen LogP contribution in [0.3, 0.4) is 0 Å². The van der Waals surface area contributed by atoms with Crippen LogP contribution in [-0.4, -0.2) is 44.6 Å². The first-order valence-electron chi connectivity index (χ1n) is 8.84. The predicted octanol–water partition coefficient (Wildman–Crippen LogP) is 0.638. The van der Waals surface area contributed by atoms with Crippen LogP contribution in [0.4, 0.5) is 11.8 Å². The van der Waals surface area contributed by atoms with E-state index in [0.29, 0.717) is 24.6 Å². The van der Waals surface area contributed by atoms with Gasteiger partial charge in [-0.2, -0.15) is 4.98 Å². The maximum Gasteiger partial charge on any atom is 0.270 e. The fourth-order valence-corrected chi connectivity index (χ4v) is 3.40. The largest absolute Gasteiger partial charge is 0.369 e. The molecular weight excluding hydrogens is 346 g/mol. The summed E-state index contributed by atoms with van der Waals surface area (Å²) in [5.74, 6) is 0.502. The Morgan fingerprint density at radius 1 is 1.26 bits per heavy atom. The summed E-state index contributed by atoms with van der Waals surface area (Å²) in [6.45, 7) is 1.37. The molecule has 1 saturated heterocycles. The topological polar surface area (TPSA) is 122 Å². The van der Waals surface area contributed by atoms with Crippen molar-refractivity contribution < 1.29 is 4.79 Å². The zero-order valence-electron chi connectivity index (χ0n) is 15.0. The van der Waals surface area contributed by atoms with E-state index in [0.717, 1.165) is 23.9 Å². The Kier molecular flexibility index (Phi) is 4.27. The molecule has 0 spiro atoms. The van der Waals surface area contributed by atoms with E-state index in [1.54, 1.807) is 6.07 Å². The monoisotopic (exact) mass is 367 g/mol. The SMILES string of the molecule is Cn1ccc2ccc(C(=O)NC3CCN(c4cc(=O)[nH]c(N)n4)CC3)nc21. The Hall–Kier alpha value is -3.36. The molecule has 0 radical (unpaired) electrons. The molecule has 0 atom stereocenters. The van der Waals surface area contributed by atoms with E-state index in [-0.39, 0.29) is 23.5 Å². The number of pyridine rings is 1.